The predicted molar refractivity (Wildman–Crippen MR) is 110 cm³/mol. The van der Waals surface area contributed by atoms with Crippen molar-refractivity contribution >= 4 is 44.8 Å². The smallest absolute Gasteiger partial charge is 0.227 e. The van der Waals surface area contributed by atoms with Crippen LogP contribution in [0.5, 0.6) is 0 Å². The number of nitrogens with one attached hydrogen (secondary N) is 1. The molecule has 5 rings (SSSR count). The summed E-state index contributed by atoms with van der Waals surface area (Å²) in [4.78, 5) is 26.2. The largest absolute Gasteiger partial charge is 0.323 e. The number of aromatic nitrogens is 4. The number of amides is 1. The summed E-state index contributed by atoms with van der Waals surface area (Å²) in [6, 6.07) is 21.3. The first-order chi connectivity index (χ1) is 13.8. The average Bonchev–Trinajstić information content (AvgIpc) is 3.04. The Kier molecular flexibility index (Phi) is 3.94. The molecule has 1 amide bonds. The molecule has 3 heterocycles. The number of pyridine rings is 1. The number of carbonyl (C=O) groups is 1. The Morgan fingerprint density at radius 3 is 2.46 bits per heavy atom. The Balaban J connectivity index is 1.54. The van der Waals surface area contributed by atoms with Crippen molar-refractivity contribution < 1.29 is 4.79 Å². The van der Waals surface area contributed by atoms with Crippen molar-refractivity contribution in [2.75, 3.05) is 5.32 Å². The molecule has 0 aliphatic rings. The highest BCUT2D eigenvalue weighted by atomic mass is 16.1. The monoisotopic (exact) mass is 367 g/mol. The quantitative estimate of drug-likeness (QED) is 0.518. The van der Waals surface area contributed by atoms with Crippen LogP contribution in [-0.2, 0) is 11.3 Å². The van der Waals surface area contributed by atoms with Gasteiger partial charge < -0.3 is 9.88 Å². The molecule has 0 fully saturated rings. The molecular weight excluding hydrogens is 350 g/mol. The van der Waals surface area contributed by atoms with Crippen LogP contribution in [0.4, 0.5) is 5.82 Å². The van der Waals surface area contributed by atoms with Gasteiger partial charge in [-0.15, -0.1) is 0 Å². The summed E-state index contributed by atoms with van der Waals surface area (Å²) >= 11 is 0. The number of anilines is 1. The first-order valence-electron chi connectivity index (χ1n) is 9.14. The van der Waals surface area contributed by atoms with Crippen LogP contribution in [-0.4, -0.2) is 25.4 Å². The fourth-order valence-electron chi connectivity index (χ4n) is 3.46. The lowest BCUT2D eigenvalue weighted by Gasteiger charge is -2.08. The molecule has 6 nitrogen and oxygen atoms in total. The molecule has 0 radical (unpaired) electrons. The van der Waals surface area contributed by atoms with Gasteiger partial charge in [0.05, 0.1) is 16.6 Å². The summed E-state index contributed by atoms with van der Waals surface area (Å²) in [5.41, 5.74) is 4.39. The molecule has 0 saturated carbocycles. The van der Waals surface area contributed by atoms with Gasteiger partial charge in [0.1, 0.15) is 11.3 Å². The normalized spacial score (nSPS) is 11.3. The van der Waals surface area contributed by atoms with Crippen LogP contribution in [0.2, 0.25) is 0 Å². The molecule has 6 heteroatoms. The lowest BCUT2D eigenvalue weighted by molar-refractivity contribution is -0.116. The molecule has 0 atom stereocenters. The molecule has 2 aromatic carbocycles. The Bertz CT molecular complexity index is 1310. The van der Waals surface area contributed by atoms with Gasteiger partial charge in [-0.2, -0.15) is 0 Å². The Morgan fingerprint density at radius 1 is 0.893 bits per heavy atom. The standard InChI is InChI=1S/C22H17N5O/c28-20(26-19-11-5-6-13-23-19)12-14-27-18-10-4-1-7-15(18)21-22(27)25-17-9-3-2-8-16(17)24-21/h1-11,13H,12,14H2,(H,23,26,28). The molecule has 136 valence electrons. The second kappa shape index (κ2) is 6.74. The molecule has 28 heavy (non-hydrogen) atoms. The van der Waals surface area contributed by atoms with E-state index >= 15 is 0 Å². The van der Waals surface area contributed by atoms with E-state index in [1.54, 1.807) is 12.3 Å². The molecule has 0 spiro atoms. The van der Waals surface area contributed by atoms with E-state index in [0.29, 0.717) is 18.8 Å². The second-order valence-electron chi connectivity index (χ2n) is 6.57. The zero-order chi connectivity index (χ0) is 18.9. The summed E-state index contributed by atoms with van der Waals surface area (Å²) in [6.45, 7) is 0.510. The number of benzene rings is 2. The van der Waals surface area contributed by atoms with Gasteiger partial charge in [-0.05, 0) is 30.3 Å². The number of carbonyl (C=O) groups excluding carboxylic acids is 1. The summed E-state index contributed by atoms with van der Waals surface area (Å²) in [6.07, 6.45) is 1.97. The van der Waals surface area contributed by atoms with Crippen LogP contribution >= 0.6 is 0 Å². The van der Waals surface area contributed by atoms with Crippen molar-refractivity contribution in [3.8, 4) is 0 Å². The van der Waals surface area contributed by atoms with Crippen molar-refractivity contribution in [1.82, 2.24) is 19.5 Å². The van der Waals surface area contributed by atoms with E-state index < -0.39 is 0 Å². The van der Waals surface area contributed by atoms with Gasteiger partial charge in [-0.1, -0.05) is 36.4 Å². The Labute approximate surface area is 160 Å². The molecule has 5 aromatic rings. The lowest BCUT2D eigenvalue weighted by Crippen LogP contribution is -2.15. The van der Waals surface area contributed by atoms with Gasteiger partial charge >= 0.3 is 0 Å². The molecule has 3 aromatic heterocycles. The third kappa shape index (κ3) is 2.85. The minimum atomic E-state index is -0.0848. The van der Waals surface area contributed by atoms with Crippen LogP contribution in [0.3, 0.4) is 0 Å². The third-order valence-corrected chi connectivity index (χ3v) is 4.75. The van der Waals surface area contributed by atoms with Crippen molar-refractivity contribution in [3.05, 3.63) is 72.9 Å². The van der Waals surface area contributed by atoms with Crippen LogP contribution in [0.25, 0.3) is 33.1 Å². The number of nitrogens with zero attached hydrogens (tertiary/aromatic N) is 4. The molecule has 0 saturated heterocycles. The Morgan fingerprint density at radius 2 is 1.64 bits per heavy atom. The minimum Gasteiger partial charge on any atom is -0.323 e. The minimum absolute atomic E-state index is 0.0848. The number of rotatable bonds is 4. The van der Waals surface area contributed by atoms with Gasteiger partial charge in [0.25, 0.3) is 0 Å². The first kappa shape index (κ1) is 16.4. The summed E-state index contributed by atoms with van der Waals surface area (Å²) in [7, 11) is 0. The molecule has 0 unspecified atom stereocenters. The molecule has 0 bridgehead atoms. The van der Waals surface area contributed by atoms with Crippen LogP contribution in [0.1, 0.15) is 6.42 Å². The van der Waals surface area contributed by atoms with Gasteiger partial charge in [0, 0.05) is 24.5 Å². The van der Waals surface area contributed by atoms with Crippen molar-refractivity contribution in [3.63, 3.8) is 0 Å². The summed E-state index contributed by atoms with van der Waals surface area (Å²) in [5.74, 6) is 0.471. The highest BCUT2D eigenvalue weighted by Crippen LogP contribution is 2.28. The van der Waals surface area contributed by atoms with Crippen molar-refractivity contribution in [2.45, 2.75) is 13.0 Å². The Hall–Kier alpha value is -3.80. The van der Waals surface area contributed by atoms with Crippen LogP contribution in [0.15, 0.2) is 72.9 Å². The van der Waals surface area contributed by atoms with E-state index in [4.69, 9.17) is 9.97 Å². The number of aryl methyl sites for hydroxylation is 1. The maximum Gasteiger partial charge on any atom is 0.227 e. The fourth-order valence-corrected chi connectivity index (χ4v) is 3.46. The average molecular weight is 367 g/mol. The highest BCUT2D eigenvalue weighted by Gasteiger charge is 2.15. The summed E-state index contributed by atoms with van der Waals surface area (Å²) in [5, 5.41) is 3.87. The SMILES string of the molecule is O=C(CCn1c2ccccc2c2nc3ccccc3nc21)Nc1ccccn1. The third-order valence-electron chi connectivity index (χ3n) is 4.75. The predicted octanol–water partition coefficient (Wildman–Crippen LogP) is 4.16. The lowest BCUT2D eigenvalue weighted by atomic mass is 10.2. The van der Waals surface area contributed by atoms with Gasteiger partial charge in [-0.3, -0.25) is 4.79 Å². The van der Waals surface area contributed by atoms with Gasteiger partial charge in [0.15, 0.2) is 5.65 Å². The van der Waals surface area contributed by atoms with E-state index in [1.807, 2.05) is 60.7 Å². The van der Waals surface area contributed by atoms with Crippen molar-refractivity contribution in [1.29, 1.82) is 0 Å². The molecule has 0 aliphatic carbocycles. The first-order valence-corrected chi connectivity index (χ1v) is 9.14. The number of fused-ring (bicyclic) bond motifs is 4. The molecule has 1 N–H and O–H groups in total. The van der Waals surface area contributed by atoms with E-state index in [2.05, 4.69) is 14.9 Å². The zero-order valence-corrected chi connectivity index (χ0v) is 15.0. The van der Waals surface area contributed by atoms with E-state index in [9.17, 15) is 4.79 Å². The zero-order valence-electron chi connectivity index (χ0n) is 15.0. The van der Waals surface area contributed by atoms with Gasteiger partial charge in [-0.25, -0.2) is 15.0 Å². The van der Waals surface area contributed by atoms with E-state index in [1.165, 1.54) is 0 Å². The maximum atomic E-state index is 12.4. The van der Waals surface area contributed by atoms with E-state index in [-0.39, 0.29) is 5.91 Å². The maximum absolute atomic E-state index is 12.4. The fraction of sp³-hybridized carbons (Fsp3) is 0.0909. The van der Waals surface area contributed by atoms with Crippen molar-refractivity contribution in [2.24, 2.45) is 0 Å². The molecular formula is C22H17N5O. The summed E-state index contributed by atoms with van der Waals surface area (Å²) < 4.78 is 2.07. The molecule has 0 aliphatic heterocycles. The number of para-hydroxylation sites is 3. The number of hydrogen-bond donors (Lipinski definition) is 1. The highest BCUT2D eigenvalue weighted by molar-refractivity contribution is 6.06. The van der Waals surface area contributed by atoms with Gasteiger partial charge in [0.2, 0.25) is 5.91 Å². The van der Waals surface area contributed by atoms with Crippen LogP contribution in [0, 0.1) is 0 Å². The second-order valence-corrected chi connectivity index (χ2v) is 6.57. The topological polar surface area (TPSA) is 72.7 Å². The van der Waals surface area contributed by atoms with E-state index in [0.717, 1.165) is 33.1 Å². The number of hydrogen-bond acceptors (Lipinski definition) is 4. The van der Waals surface area contributed by atoms with Crippen LogP contribution < -0.4 is 5.32 Å².